The summed E-state index contributed by atoms with van der Waals surface area (Å²) in [5.41, 5.74) is -0.937. The van der Waals surface area contributed by atoms with E-state index in [0.717, 1.165) is 0 Å². The van der Waals surface area contributed by atoms with Gasteiger partial charge in [0.25, 0.3) is 0 Å². The van der Waals surface area contributed by atoms with E-state index in [2.05, 4.69) is 5.32 Å². The van der Waals surface area contributed by atoms with Gasteiger partial charge in [0.1, 0.15) is 11.3 Å². The van der Waals surface area contributed by atoms with Gasteiger partial charge in [-0.25, -0.2) is 13.2 Å². The van der Waals surface area contributed by atoms with Crippen molar-refractivity contribution in [2.24, 2.45) is 0 Å². The predicted molar refractivity (Wildman–Crippen MR) is 74.9 cm³/mol. The molecule has 1 saturated heterocycles. The maximum Gasteiger partial charge on any atom is 0.330 e. The highest BCUT2D eigenvalue weighted by atomic mass is 32.2. The van der Waals surface area contributed by atoms with Gasteiger partial charge in [0.05, 0.1) is 18.6 Å². The Morgan fingerprint density at radius 2 is 2.20 bits per heavy atom. The van der Waals surface area contributed by atoms with Crippen molar-refractivity contribution in [3.63, 3.8) is 0 Å². The normalized spacial score (nSPS) is 24.9. The van der Waals surface area contributed by atoms with Crippen LogP contribution in [0.25, 0.3) is 0 Å². The quantitative estimate of drug-likeness (QED) is 0.866. The first-order valence-corrected chi connectivity index (χ1v) is 8.05. The minimum absolute atomic E-state index is 0.0435. The summed E-state index contributed by atoms with van der Waals surface area (Å²) in [6.07, 6.45) is 0.615. The number of sulfone groups is 1. The predicted octanol–water partition coefficient (Wildman–Crippen LogP) is 1.14. The number of nitrogens with one attached hydrogen (secondary N) is 1. The average molecular weight is 299 g/mol. The van der Waals surface area contributed by atoms with Crippen molar-refractivity contribution in [1.29, 1.82) is 0 Å². The molecule has 2 rings (SSSR count). The largest absolute Gasteiger partial charge is 0.497 e. The molecule has 1 aliphatic rings. The number of hydrogen-bond acceptors (Lipinski definition) is 5. The van der Waals surface area contributed by atoms with Gasteiger partial charge < -0.3 is 15.2 Å². The molecule has 7 heteroatoms. The fourth-order valence-electron chi connectivity index (χ4n) is 2.41. The van der Waals surface area contributed by atoms with Gasteiger partial charge in [-0.1, -0.05) is 6.07 Å². The molecule has 1 unspecified atom stereocenters. The molecule has 1 aromatic carbocycles. The smallest absolute Gasteiger partial charge is 0.330 e. The Hall–Kier alpha value is -1.76. The van der Waals surface area contributed by atoms with Crippen molar-refractivity contribution in [2.75, 3.05) is 23.9 Å². The lowest BCUT2D eigenvalue weighted by molar-refractivity contribution is -0.141. The summed E-state index contributed by atoms with van der Waals surface area (Å²) >= 11 is 0. The first-order valence-electron chi connectivity index (χ1n) is 6.23. The summed E-state index contributed by atoms with van der Waals surface area (Å²) in [4.78, 5) is 11.6. The molecule has 0 aliphatic carbocycles. The second-order valence-electron chi connectivity index (χ2n) is 4.94. The number of anilines is 1. The maximum atomic E-state index is 11.8. The Morgan fingerprint density at radius 3 is 2.80 bits per heavy atom. The van der Waals surface area contributed by atoms with Crippen LogP contribution in [-0.2, 0) is 14.6 Å². The SMILES string of the molecule is COc1cccc(NC2(C(=O)O)CCCS(=O)(=O)C2)c1. The Balaban J connectivity index is 2.32. The molecule has 0 spiro atoms. The van der Waals surface area contributed by atoms with Crippen LogP contribution in [0.2, 0.25) is 0 Å². The number of carbonyl (C=O) groups is 1. The highest BCUT2D eigenvalue weighted by Crippen LogP contribution is 2.29. The molecule has 0 radical (unpaired) electrons. The fourth-order valence-corrected chi connectivity index (χ4v) is 4.23. The van der Waals surface area contributed by atoms with Crippen LogP contribution in [0, 0.1) is 0 Å². The third-order valence-electron chi connectivity index (χ3n) is 3.39. The summed E-state index contributed by atoms with van der Waals surface area (Å²) < 4.78 is 28.6. The molecule has 20 heavy (non-hydrogen) atoms. The molecular formula is C13H17NO5S. The van der Waals surface area contributed by atoms with E-state index in [9.17, 15) is 18.3 Å². The van der Waals surface area contributed by atoms with Gasteiger partial charge in [0, 0.05) is 11.8 Å². The number of ether oxygens (including phenoxy) is 1. The monoisotopic (exact) mass is 299 g/mol. The minimum atomic E-state index is -3.35. The minimum Gasteiger partial charge on any atom is -0.497 e. The summed E-state index contributed by atoms with van der Waals surface area (Å²) in [7, 11) is -1.83. The second kappa shape index (κ2) is 5.32. The zero-order valence-electron chi connectivity index (χ0n) is 11.1. The molecule has 1 heterocycles. The van der Waals surface area contributed by atoms with Crippen molar-refractivity contribution in [2.45, 2.75) is 18.4 Å². The van der Waals surface area contributed by atoms with E-state index in [-0.39, 0.29) is 12.2 Å². The topological polar surface area (TPSA) is 92.7 Å². The highest BCUT2D eigenvalue weighted by molar-refractivity contribution is 7.91. The van der Waals surface area contributed by atoms with Crippen LogP contribution in [-0.4, -0.2) is 43.6 Å². The van der Waals surface area contributed by atoms with E-state index < -0.39 is 27.1 Å². The lowest BCUT2D eigenvalue weighted by atomic mass is 9.95. The number of benzene rings is 1. The van der Waals surface area contributed by atoms with E-state index in [0.29, 0.717) is 17.9 Å². The summed E-state index contributed by atoms with van der Waals surface area (Å²) in [5.74, 6) is -0.924. The Labute approximate surface area is 117 Å². The van der Waals surface area contributed by atoms with Crippen LogP contribution in [0.4, 0.5) is 5.69 Å². The summed E-state index contributed by atoms with van der Waals surface area (Å²) in [6, 6.07) is 6.78. The van der Waals surface area contributed by atoms with Gasteiger partial charge in [0.15, 0.2) is 9.84 Å². The van der Waals surface area contributed by atoms with Gasteiger partial charge in [-0.3, -0.25) is 0 Å². The summed E-state index contributed by atoms with van der Waals surface area (Å²) in [6.45, 7) is 0. The van der Waals surface area contributed by atoms with Crippen LogP contribution in [0.5, 0.6) is 5.75 Å². The van der Waals surface area contributed by atoms with E-state index in [1.54, 1.807) is 24.3 Å². The molecule has 2 N–H and O–H groups in total. The Morgan fingerprint density at radius 1 is 1.45 bits per heavy atom. The second-order valence-corrected chi connectivity index (χ2v) is 7.12. The molecule has 0 bridgehead atoms. The van der Waals surface area contributed by atoms with E-state index >= 15 is 0 Å². The summed E-state index contributed by atoms with van der Waals surface area (Å²) in [5, 5.41) is 12.3. The molecule has 0 amide bonds. The van der Waals surface area contributed by atoms with E-state index in [1.807, 2.05) is 0 Å². The molecule has 1 atom stereocenters. The van der Waals surface area contributed by atoms with Gasteiger partial charge >= 0.3 is 5.97 Å². The molecule has 0 aromatic heterocycles. The van der Waals surface area contributed by atoms with Crippen molar-refractivity contribution in [3.8, 4) is 5.75 Å². The standard InChI is InChI=1S/C13H17NO5S/c1-19-11-5-2-4-10(8-11)14-13(12(15)16)6-3-7-20(17,18)9-13/h2,4-5,8,14H,3,6-7,9H2,1H3,(H,15,16). The molecule has 6 nitrogen and oxygen atoms in total. The highest BCUT2D eigenvalue weighted by Gasteiger charge is 2.45. The van der Waals surface area contributed by atoms with Crippen LogP contribution in [0.1, 0.15) is 12.8 Å². The fraction of sp³-hybridized carbons (Fsp3) is 0.462. The number of rotatable bonds is 4. The number of methoxy groups -OCH3 is 1. The average Bonchev–Trinajstić information content (AvgIpc) is 2.37. The van der Waals surface area contributed by atoms with E-state index in [1.165, 1.54) is 7.11 Å². The van der Waals surface area contributed by atoms with Crippen molar-refractivity contribution in [1.82, 2.24) is 0 Å². The van der Waals surface area contributed by atoms with Gasteiger partial charge in [0.2, 0.25) is 0 Å². The molecule has 110 valence electrons. The zero-order chi connectivity index (χ0) is 14.8. The van der Waals surface area contributed by atoms with Crippen LogP contribution in [0.3, 0.4) is 0 Å². The number of carboxylic acid groups (broad SMARTS) is 1. The molecule has 1 fully saturated rings. The van der Waals surface area contributed by atoms with Crippen LogP contribution >= 0.6 is 0 Å². The first kappa shape index (κ1) is 14.6. The Bertz CT molecular complexity index is 613. The third kappa shape index (κ3) is 3.04. The van der Waals surface area contributed by atoms with Crippen LogP contribution in [0.15, 0.2) is 24.3 Å². The molecule has 0 saturated carbocycles. The van der Waals surface area contributed by atoms with Crippen molar-refractivity contribution < 1.29 is 23.1 Å². The molecule has 1 aliphatic heterocycles. The van der Waals surface area contributed by atoms with Crippen LogP contribution < -0.4 is 10.1 Å². The Kier molecular flexibility index (Phi) is 3.89. The number of aliphatic carboxylic acids is 1. The third-order valence-corrected chi connectivity index (χ3v) is 5.23. The van der Waals surface area contributed by atoms with Gasteiger partial charge in [-0.15, -0.1) is 0 Å². The lowest BCUT2D eigenvalue weighted by Crippen LogP contribution is -2.54. The molecular weight excluding hydrogens is 282 g/mol. The van der Waals surface area contributed by atoms with Gasteiger partial charge in [-0.2, -0.15) is 0 Å². The van der Waals surface area contributed by atoms with Gasteiger partial charge in [-0.05, 0) is 25.0 Å². The van der Waals surface area contributed by atoms with E-state index in [4.69, 9.17) is 4.74 Å². The lowest BCUT2D eigenvalue weighted by Gasteiger charge is -2.34. The number of hydrogen-bond donors (Lipinski definition) is 2. The maximum absolute atomic E-state index is 11.8. The molecule has 1 aromatic rings. The first-order chi connectivity index (χ1) is 9.37. The van der Waals surface area contributed by atoms with Crippen molar-refractivity contribution >= 4 is 21.5 Å². The van der Waals surface area contributed by atoms with Crippen molar-refractivity contribution in [3.05, 3.63) is 24.3 Å². The number of carboxylic acids is 1. The zero-order valence-corrected chi connectivity index (χ0v) is 11.9.